The Morgan fingerprint density at radius 3 is 2.27 bits per heavy atom. The largest absolute Gasteiger partial charge is 0.493 e. The monoisotopic (exact) mass is 475 g/mol. The second-order valence-corrected chi connectivity index (χ2v) is 8.81. The van der Waals surface area contributed by atoms with Crippen molar-refractivity contribution in [2.45, 2.75) is 38.0 Å². The molecule has 0 spiro atoms. The number of benzene rings is 2. The number of aromatic amines is 1. The van der Waals surface area contributed by atoms with Crippen LogP contribution in [0.25, 0.3) is 11.0 Å². The summed E-state index contributed by atoms with van der Waals surface area (Å²) in [5.74, 6) is 1.51. The minimum absolute atomic E-state index is 0.0918. The molecule has 3 aromatic rings. The third-order valence-corrected chi connectivity index (χ3v) is 6.84. The first-order valence-electron chi connectivity index (χ1n) is 11.0. The summed E-state index contributed by atoms with van der Waals surface area (Å²) >= 11 is 6.07. The lowest BCUT2D eigenvalue weighted by Gasteiger charge is -2.38. The van der Waals surface area contributed by atoms with Gasteiger partial charge < -0.3 is 24.3 Å². The average molecular weight is 476 g/mol. The number of aromatic nitrogens is 2. The van der Waals surface area contributed by atoms with Crippen LogP contribution in [0.3, 0.4) is 0 Å². The SMILES string of the molecule is COc1cc(C(O)C(C)N2CCC(n3c(=O)[nH]c4cc(Cl)ccc43)CC2)cc(OC)c1OC. The number of imidazole rings is 1. The van der Waals surface area contributed by atoms with E-state index in [1.54, 1.807) is 45.6 Å². The van der Waals surface area contributed by atoms with Gasteiger partial charge >= 0.3 is 5.69 Å². The van der Waals surface area contributed by atoms with Crippen LogP contribution in [-0.2, 0) is 0 Å². The molecule has 2 aromatic carbocycles. The van der Waals surface area contributed by atoms with Crippen molar-refractivity contribution >= 4 is 22.6 Å². The Labute approximate surface area is 197 Å². The summed E-state index contributed by atoms with van der Waals surface area (Å²) in [5, 5.41) is 11.7. The number of ether oxygens (including phenoxy) is 3. The molecule has 2 unspecified atom stereocenters. The molecule has 4 rings (SSSR count). The van der Waals surface area contributed by atoms with Gasteiger partial charge in [0.1, 0.15) is 0 Å². The second-order valence-electron chi connectivity index (χ2n) is 8.37. The Morgan fingerprint density at radius 2 is 1.70 bits per heavy atom. The van der Waals surface area contributed by atoms with E-state index in [-0.39, 0.29) is 17.8 Å². The van der Waals surface area contributed by atoms with E-state index in [1.807, 2.05) is 17.6 Å². The highest BCUT2D eigenvalue weighted by Gasteiger charge is 2.30. The van der Waals surface area contributed by atoms with Crippen LogP contribution in [-0.4, -0.2) is 60.0 Å². The number of methoxy groups -OCH3 is 3. The summed E-state index contributed by atoms with van der Waals surface area (Å²) in [6.45, 7) is 3.54. The highest BCUT2D eigenvalue weighted by atomic mass is 35.5. The van der Waals surface area contributed by atoms with Crippen LogP contribution in [0.15, 0.2) is 35.1 Å². The van der Waals surface area contributed by atoms with E-state index >= 15 is 0 Å². The molecule has 0 aliphatic carbocycles. The summed E-state index contributed by atoms with van der Waals surface area (Å²) in [6, 6.07) is 9.00. The van der Waals surface area contributed by atoms with Crippen LogP contribution < -0.4 is 19.9 Å². The fourth-order valence-corrected chi connectivity index (χ4v) is 4.94. The van der Waals surface area contributed by atoms with Crippen molar-refractivity contribution in [3.05, 3.63) is 51.4 Å². The van der Waals surface area contributed by atoms with Gasteiger partial charge in [0.2, 0.25) is 5.75 Å². The van der Waals surface area contributed by atoms with Crippen molar-refractivity contribution in [1.29, 1.82) is 0 Å². The van der Waals surface area contributed by atoms with Crippen molar-refractivity contribution < 1.29 is 19.3 Å². The molecule has 2 N–H and O–H groups in total. The number of aliphatic hydroxyl groups is 1. The fourth-order valence-electron chi connectivity index (χ4n) is 4.77. The Balaban J connectivity index is 1.49. The predicted octanol–water partition coefficient (Wildman–Crippen LogP) is 3.77. The lowest BCUT2D eigenvalue weighted by atomic mass is 9.97. The van der Waals surface area contributed by atoms with Crippen LogP contribution in [0.1, 0.15) is 37.5 Å². The molecule has 2 heterocycles. The van der Waals surface area contributed by atoms with Crippen molar-refractivity contribution in [2.24, 2.45) is 0 Å². The quantitative estimate of drug-likeness (QED) is 0.540. The molecule has 0 amide bonds. The number of nitrogens with zero attached hydrogens (tertiary/aromatic N) is 2. The van der Waals surface area contributed by atoms with E-state index in [1.165, 1.54) is 0 Å². The molecule has 1 aromatic heterocycles. The first kappa shape index (κ1) is 23.5. The molecule has 2 atom stereocenters. The summed E-state index contributed by atoms with van der Waals surface area (Å²) in [5.41, 5.74) is 2.20. The molecule has 0 saturated carbocycles. The Bertz CT molecular complexity index is 1160. The molecule has 1 saturated heterocycles. The molecular weight excluding hydrogens is 446 g/mol. The van der Waals surface area contributed by atoms with E-state index < -0.39 is 6.10 Å². The Morgan fingerprint density at radius 1 is 1.06 bits per heavy atom. The number of halogens is 1. The van der Waals surface area contributed by atoms with E-state index in [2.05, 4.69) is 9.88 Å². The molecule has 1 aliphatic heterocycles. The number of H-pyrrole nitrogens is 1. The Kier molecular flexibility index (Phi) is 6.88. The number of aliphatic hydroxyl groups excluding tert-OH is 1. The van der Waals surface area contributed by atoms with Gasteiger partial charge in [0.25, 0.3) is 0 Å². The first-order valence-corrected chi connectivity index (χ1v) is 11.4. The number of hydrogen-bond donors (Lipinski definition) is 2. The highest BCUT2D eigenvalue weighted by Crippen LogP contribution is 2.41. The molecular formula is C24H30ClN3O5. The minimum atomic E-state index is -0.742. The molecule has 9 heteroatoms. The molecule has 1 aliphatic rings. The molecule has 33 heavy (non-hydrogen) atoms. The zero-order valence-corrected chi connectivity index (χ0v) is 20.1. The normalized spacial score (nSPS) is 17.2. The van der Waals surface area contributed by atoms with Gasteiger partial charge in [-0.1, -0.05) is 11.6 Å². The van der Waals surface area contributed by atoms with Crippen LogP contribution in [0, 0.1) is 0 Å². The van der Waals surface area contributed by atoms with Crippen LogP contribution in [0.5, 0.6) is 17.2 Å². The third kappa shape index (κ3) is 4.43. The standard InChI is InChI=1S/C24H30ClN3O5/c1-14(22(29)15-11-20(31-2)23(33-4)21(12-15)32-3)27-9-7-17(8-10-27)28-19-6-5-16(25)13-18(19)26-24(28)30/h5-6,11-14,17,22,29H,7-10H2,1-4H3,(H,26,30). The molecule has 178 valence electrons. The van der Waals surface area contributed by atoms with E-state index in [4.69, 9.17) is 25.8 Å². The minimum Gasteiger partial charge on any atom is -0.493 e. The summed E-state index contributed by atoms with van der Waals surface area (Å²) in [6.07, 6.45) is 0.872. The van der Waals surface area contributed by atoms with Gasteiger partial charge in [-0.3, -0.25) is 9.47 Å². The van der Waals surface area contributed by atoms with Crippen molar-refractivity contribution in [2.75, 3.05) is 34.4 Å². The van der Waals surface area contributed by atoms with Gasteiger partial charge in [-0.15, -0.1) is 0 Å². The Hall–Kier alpha value is -2.68. The zero-order chi connectivity index (χ0) is 23.7. The van der Waals surface area contributed by atoms with Gasteiger partial charge in [-0.2, -0.15) is 0 Å². The lowest BCUT2D eigenvalue weighted by Crippen LogP contribution is -2.44. The van der Waals surface area contributed by atoms with Gasteiger partial charge in [0, 0.05) is 30.2 Å². The molecule has 8 nitrogen and oxygen atoms in total. The van der Waals surface area contributed by atoms with Crippen LogP contribution in [0.4, 0.5) is 0 Å². The van der Waals surface area contributed by atoms with Crippen molar-refractivity contribution in [3.8, 4) is 17.2 Å². The zero-order valence-electron chi connectivity index (χ0n) is 19.3. The number of rotatable bonds is 7. The van der Waals surface area contributed by atoms with E-state index in [0.29, 0.717) is 27.8 Å². The highest BCUT2D eigenvalue weighted by molar-refractivity contribution is 6.31. The number of nitrogens with one attached hydrogen (secondary N) is 1. The summed E-state index contributed by atoms with van der Waals surface area (Å²) in [7, 11) is 4.67. The average Bonchev–Trinajstić information content (AvgIpc) is 3.16. The van der Waals surface area contributed by atoms with Crippen LogP contribution >= 0.6 is 11.6 Å². The van der Waals surface area contributed by atoms with E-state index in [0.717, 1.165) is 37.0 Å². The number of fused-ring (bicyclic) bond motifs is 1. The fraction of sp³-hybridized carbons (Fsp3) is 0.458. The predicted molar refractivity (Wildman–Crippen MR) is 128 cm³/mol. The van der Waals surface area contributed by atoms with Crippen LogP contribution in [0.2, 0.25) is 5.02 Å². The van der Waals surface area contributed by atoms with Gasteiger partial charge in [-0.05, 0) is 55.7 Å². The topological polar surface area (TPSA) is 89.0 Å². The van der Waals surface area contributed by atoms with E-state index in [9.17, 15) is 9.90 Å². The first-order chi connectivity index (χ1) is 15.9. The van der Waals surface area contributed by atoms with Crippen molar-refractivity contribution in [3.63, 3.8) is 0 Å². The number of hydrogen-bond acceptors (Lipinski definition) is 6. The van der Waals surface area contributed by atoms with Gasteiger partial charge in [-0.25, -0.2) is 4.79 Å². The van der Waals surface area contributed by atoms with Gasteiger partial charge in [0.15, 0.2) is 11.5 Å². The smallest absolute Gasteiger partial charge is 0.326 e. The lowest BCUT2D eigenvalue weighted by molar-refractivity contribution is 0.0383. The second kappa shape index (κ2) is 9.67. The third-order valence-electron chi connectivity index (χ3n) is 6.60. The molecule has 1 fully saturated rings. The maximum absolute atomic E-state index is 12.6. The van der Waals surface area contributed by atoms with Gasteiger partial charge in [0.05, 0.1) is 38.5 Å². The summed E-state index contributed by atoms with van der Waals surface area (Å²) < 4.78 is 18.1. The number of piperidine rings is 1. The maximum Gasteiger partial charge on any atom is 0.326 e. The maximum atomic E-state index is 12.6. The summed E-state index contributed by atoms with van der Waals surface area (Å²) in [4.78, 5) is 17.8. The molecule has 0 radical (unpaired) electrons. The van der Waals surface area contributed by atoms with Crippen molar-refractivity contribution in [1.82, 2.24) is 14.5 Å². The molecule has 0 bridgehead atoms. The number of likely N-dealkylation sites (tertiary alicyclic amines) is 1.